The topological polar surface area (TPSA) is 34.1 Å². The number of hydrogen-bond acceptors (Lipinski definition) is 3. The van der Waals surface area contributed by atoms with Crippen LogP contribution in [0.1, 0.15) is 5.56 Å². The average molecular weight is 265 g/mol. The lowest BCUT2D eigenvalue weighted by Crippen LogP contribution is -2.29. The molecule has 0 aliphatic carbocycles. The first-order valence-electron chi connectivity index (χ1n) is 6.13. The van der Waals surface area contributed by atoms with Crippen molar-refractivity contribution in [3.8, 4) is 10.6 Å². The van der Waals surface area contributed by atoms with Gasteiger partial charge in [0.2, 0.25) is 5.52 Å². The van der Waals surface area contributed by atoms with Crippen LogP contribution in [0.4, 0.5) is 0 Å². The zero-order valence-electron chi connectivity index (χ0n) is 9.95. The van der Waals surface area contributed by atoms with Crippen molar-refractivity contribution in [2.24, 2.45) is 0 Å². The standard InChI is InChI=1S/C14H9N4S/c1-3-16-12-6-11-14(17(12)5-1)19-13-10-7-15-4-2-9(10)8-18(11)13/h1-7H,8H2/q+1. The molecule has 19 heavy (non-hydrogen) atoms. The van der Waals surface area contributed by atoms with Crippen LogP contribution in [0.5, 0.6) is 0 Å². The van der Waals surface area contributed by atoms with E-state index < -0.39 is 0 Å². The number of aromatic nitrogens is 4. The summed E-state index contributed by atoms with van der Waals surface area (Å²) in [5.74, 6) is 0. The Morgan fingerprint density at radius 1 is 1.32 bits per heavy atom. The lowest BCUT2D eigenvalue weighted by molar-refractivity contribution is -0.641. The largest absolute Gasteiger partial charge is 0.287 e. The van der Waals surface area contributed by atoms with Crippen molar-refractivity contribution in [1.82, 2.24) is 14.4 Å². The number of fused-ring (bicyclic) bond motifs is 7. The van der Waals surface area contributed by atoms with Crippen molar-refractivity contribution in [3.05, 3.63) is 48.5 Å². The van der Waals surface area contributed by atoms with Gasteiger partial charge in [-0.1, -0.05) is 0 Å². The molecular weight excluding hydrogens is 256 g/mol. The Morgan fingerprint density at radius 3 is 3.32 bits per heavy atom. The molecule has 0 fully saturated rings. The molecule has 0 radical (unpaired) electrons. The quantitative estimate of drug-likeness (QED) is 0.402. The van der Waals surface area contributed by atoms with E-state index in [4.69, 9.17) is 0 Å². The number of thiazole rings is 1. The summed E-state index contributed by atoms with van der Waals surface area (Å²) >= 11 is 1.81. The molecule has 0 spiro atoms. The van der Waals surface area contributed by atoms with Crippen LogP contribution in [0, 0.1) is 0 Å². The van der Waals surface area contributed by atoms with Crippen molar-refractivity contribution in [2.75, 3.05) is 0 Å². The number of rotatable bonds is 0. The van der Waals surface area contributed by atoms with Crippen molar-refractivity contribution in [3.63, 3.8) is 0 Å². The molecule has 0 aromatic carbocycles. The summed E-state index contributed by atoms with van der Waals surface area (Å²) in [4.78, 5) is 9.91. The summed E-state index contributed by atoms with van der Waals surface area (Å²) < 4.78 is 4.52. The van der Waals surface area contributed by atoms with E-state index in [2.05, 4.69) is 37.3 Å². The molecule has 0 bridgehead atoms. The maximum atomic E-state index is 4.41. The molecular formula is C14H9N4S+. The third kappa shape index (κ3) is 1.11. The zero-order chi connectivity index (χ0) is 12.4. The molecule has 5 rings (SSSR count). The van der Waals surface area contributed by atoms with Crippen molar-refractivity contribution < 1.29 is 4.57 Å². The second-order valence-corrected chi connectivity index (χ2v) is 5.69. The van der Waals surface area contributed by atoms with Crippen LogP contribution < -0.4 is 4.57 Å². The Hall–Kier alpha value is -2.27. The van der Waals surface area contributed by atoms with Crippen molar-refractivity contribution in [1.29, 1.82) is 0 Å². The molecule has 4 aromatic heterocycles. The summed E-state index contributed by atoms with van der Waals surface area (Å²) in [5, 5.41) is 1.30. The molecule has 1 aliphatic rings. The molecule has 0 saturated carbocycles. The third-order valence-electron chi connectivity index (χ3n) is 3.68. The van der Waals surface area contributed by atoms with Gasteiger partial charge < -0.3 is 0 Å². The van der Waals surface area contributed by atoms with Crippen LogP contribution in [-0.2, 0) is 6.54 Å². The fraction of sp³-hybridized carbons (Fsp3) is 0.0714. The minimum atomic E-state index is 0.935. The van der Waals surface area contributed by atoms with Gasteiger partial charge in [-0.25, -0.2) is 4.98 Å². The van der Waals surface area contributed by atoms with Gasteiger partial charge in [0.25, 0.3) is 5.01 Å². The average Bonchev–Trinajstić information content (AvgIpc) is 3.07. The Kier molecular flexibility index (Phi) is 1.62. The van der Waals surface area contributed by atoms with Crippen LogP contribution in [0.2, 0.25) is 0 Å². The van der Waals surface area contributed by atoms with Crippen LogP contribution in [0.3, 0.4) is 0 Å². The summed E-state index contributed by atoms with van der Waals surface area (Å²) in [6.07, 6.45) is 7.74. The van der Waals surface area contributed by atoms with E-state index in [0.717, 1.165) is 12.2 Å². The van der Waals surface area contributed by atoms with E-state index >= 15 is 0 Å². The highest BCUT2D eigenvalue weighted by Gasteiger charge is 2.33. The Morgan fingerprint density at radius 2 is 2.32 bits per heavy atom. The predicted octanol–water partition coefficient (Wildman–Crippen LogP) is 2.26. The monoisotopic (exact) mass is 265 g/mol. The highest BCUT2D eigenvalue weighted by molar-refractivity contribution is 7.20. The number of nitrogens with zero attached hydrogens (tertiary/aromatic N) is 4. The zero-order valence-corrected chi connectivity index (χ0v) is 10.8. The minimum absolute atomic E-state index is 0.935. The van der Waals surface area contributed by atoms with E-state index in [9.17, 15) is 0 Å². The molecule has 0 atom stereocenters. The third-order valence-corrected chi connectivity index (χ3v) is 4.91. The van der Waals surface area contributed by atoms with Gasteiger partial charge >= 0.3 is 0 Å². The summed E-state index contributed by atoms with van der Waals surface area (Å²) in [7, 11) is 0. The normalized spacial score (nSPS) is 13.1. The van der Waals surface area contributed by atoms with Gasteiger partial charge in [0.1, 0.15) is 5.65 Å². The fourth-order valence-corrected chi connectivity index (χ4v) is 4.08. The van der Waals surface area contributed by atoms with E-state index in [1.807, 2.05) is 36.0 Å². The maximum absolute atomic E-state index is 4.41. The van der Waals surface area contributed by atoms with Gasteiger partial charge in [0.15, 0.2) is 11.4 Å². The molecule has 0 unspecified atom stereocenters. The van der Waals surface area contributed by atoms with Gasteiger partial charge in [-0.3, -0.25) is 9.38 Å². The van der Waals surface area contributed by atoms with Crippen LogP contribution in [-0.4, -0.2) is 14.4 Å². The molecule has 1 aliphatic heterocycles. The Balaban J connectivity index is 1.93. The Labute approximate surface area is 112 Å². The second kappa shape index (κ2) is 3.19. The van der Waals surface area contributed by atoms with Crippen LogP contribution >= 0.6 is 11.3 Å². The first-order chi connectivity index (χ1) is 9.42. The molecule has 90 valence electrons. The number of hydrogen-bond donors (Lipinski definition) is 0. The van der Waals surface area contributed by atoms with E-state index in [0.29, 0.717) is 0 Å². The lowest BCUT2D eigenvalue weighted by Gasteiger charge is -1.91. The van der Waals surface area contributed by atoms with Gasteiger partial charge in [-0.2, -0.15) is 4.57 Å². The smallest absolute Gasteiger partial charge is 0.273 e. The lowest BCUT2D eigenvalue weighted by atomic mass is 10.2. The highest BCUT2D eigenvalue weighted by atomic mass is 32.1. The van der Waals surface area contributed by atoms with Crippen molar-refractivity contribution >= 4 is 27.3 Å². The SMILES string of the molecule is c1cnc2cc3c(sc4[n+]3Cc3ccncc3-4)n2c1. The molecule has 0 saturated heterocycles. The highest BCUT2D eigenvalue weighted by Crippen LogP contribution is 2.35. The molecule has 5 heterocycles. The van der Waals surface area contributed by atoms with E-state index in [1.54, 1.807) is 0 Å². The van der Waals surface area contributed by atoms with Crippen LogP contribution in [0.15, 0.2) is 43.0 Å². The maximum Gasteiger partial charge on any atom is 0.273 e. The molecule has 4 aromatic rings. The van der Waals surface area contributed by atoms with E-state index in [1.165, 1.54) is 26.5 Å². The summed E-state index contributed by atoms with van der Waals surface area (Å²) in [5.41, 5.74) is 4.88. The Bertz CT molecular complexity index is 951. The van der Waals surface area contributed by atoms with E-state index in [-0.39, 0.29) is 0 Å². The predicted molar refractivity (Wildman–Crippen MR) is 73.1 cm³/mol. The molecule has 4 nitrogen and oxygen atoms in total. The summed E-state index contributed by atoms with van der Waals surface area (Å²) in [6, 6.07) is 6.24. The second-order valence-electron chi connectivity index (χ2n) is 4.71. The van der Waals surface area contributed by atoms with Crippen LogP contribution in [0.25, 0.3) is 26.6 Å². The molecule has 0 N–H and O–H groups in total. The van der Waals surface area contributed by atoms with Gasteiger partial charge in [0.05, 0.1) is 11.6 Å². The molecule has 5 heteroatoms. The van der Waals surface area contributed by atoms with Gasteiger partial charge in [-0.05, 0) is 23.5 Å². The number of pyridine rings is 1. The molecule has 0 amide bonds. The minimum Gasteiger partial charge on any atom is -0.287 e. The van der Waals surface area contributed by atoms with Gasteiger partial charge in [0, 0.05) is 30.4 Å². The fourth-order valence-electron chi connectivity index (χ4n) is 2.80. The first-order valence-corrected chi connectivity index (χ1v) is 6.95. The first kappa shape index (κ1) is 9.63. The summed E-state index contributed by atoms with van der Waals surface area (Å²) in [6.45, 7) is 0.935. The van der Waals surface area contributed by atoms with Crippen molar-refractivity contribution in [2.45, 2.75) is 6.54 Å². The van der Waals surface area contributed by atoms with Gasteiger partial charge in [-0.15, -0.1) is 0 Å².